The van der Waals surface area contributed by atoms with Gasteiger partial charge in [-0.15, -0.1) is 0 Å². The average Bonchev–Trinajstić information content (AvgIpc) is 2.84. The number of hydrogen-bond donors (Lipinski definition) is 2. The maximum absolute atomic E-state index is 10.2. The van der Waals surface area contributed by atoms with E-state index in [0.717, 1.165) is 59.5 Å². The highest BCUT2D eigenvalue weighted by molar-refractivity contribution is 5.68. The summed E-state index contributed by atoms with van der Waals surface area (Å²) in [6, 6.07) is 16.0. The zero-order valence-electron chi connectivity index (χ0n) is 22.4. The Bertz CT molecular complexity index is 835. The average molecular weight is 479 g/mol. The van der Waals surface area contributed by atoms with Crippen molar-refractivity contribution in [2.24, 2.45) is 0 Å². The number of unbranched alkanes of at least 4 members (excludes halogenated alkanes) is 8. The molecule has 3 nitrogen and oxygen atoms in total. The Morgan fingerprint density at radius 2 is 0.886 bits per heavy atom. The number of aliphatic hydroxyl groups is 2. The van der Waals surface area contributed by atoms with E-state index in [1.807, 2.05) is 48.5 Å². The molecule has 0 aliphatic rings. The summed E-state index contributed by atoms with van der Waals surface area (Å²) in [5, 5.41) is 20.4. The first kappa shape index (κ1) is 28.6. The van der Waals surface area contributed by atoms with E-state index < -0.39 is 0 Å². The van der Waals surface area contributed by atoms with Crippen molar-refractivity contribution in [3.8, 4) is 11.5 Å². The van der Waals surface area contributed by atoms with Crippen molar-refractivity contribution in [1.29, 1.82) is 0 Å². The van der Waals surface area contributed by atoms with Gasteiger partial charge in [-0.05, 0) is 86.1 Å². The van der Waals surface area contributed by atoms with E-state index >= 15 is 0 Å². The van der Waals surface area contributed by atoms with E-state index in [2.05, 4.69) is 13.8 Å². The maximum atomic E-state index is 10.2. The Kier molecular flexibility index (Phi) is 13.1. The van der Waals surface area contributed by atoms with Crippen LogP contribution in [0.2, 0.25) is 0 Å². The quantitative estimate of drug-likeness (QED) is 0.186. The van der Waals surface area contributed by atoms with Crippen LogP contribution in [-0.4, -0.2) is 10.2 Å². The van der Waals surface area contributed by atoms with Crippen LogP contribution in [0.3, 0.4) is 0 Å². The molecular formula is C32H46O3. The first-order valence-electron chi connectivity index (χ1n) is 13.6. The molecule has 0 atom stereocenters. The molecule has 0 amide bonds. The highest BCUT2D eigenvalue weighted by Gasteiger charge is 2.09. The van der Waals surface area contributed by atoms with E-state index in [-0.39, 0.29) is 0 Å². The van der Waals surface area contributed by atoms with Gasteiger partial charge in [0.1, 0.15) is 11.5 Å². The molecule has 2 aromatic rings. The van der Waals surface area contributed by atoms with Crippen molar-refractivity contribution in [1.82, 2.24) is 0 Å². The van der Waals surface area contributed by atoms with Gasteiger partial charge in [-0.3, -0.25) is 0 Å². The van der Waals surface area contributed by atoms with E-state index in [1.54, 1.807) is 13.8 Å². The van der Waals surface area contributed by atoms with Crippen molar-refractivity contribution in [3.63, 3.8) is 0 Å². The van der Waals surface area contributed by atoms with Crippen molar-refractivity contribution in [3.05, 3.63) is 71.2 Å². The molecule has 0 fully saturated rings. The van der Waals surface area contributed by atoms with Crippen LogP contribution in [0.25, 0.3) is 11.1 Å². The van der Waals surface area contributed by atoms with Crippen LogP contribution in [0.4, 0.5) is 0 Å². The second kappa shape index (κ2) is 16.1. The summed E-state index contributed by atoms with van der Waals surface area (Å²) in [6.45, 7) is 7.99. The summed E-state index contributed by atoms with van der Waals surface area (Å²) in [7, 11) is 0. The Labute approximate surface area is 213 Å². The maximum Gasteiger partial charge on any atom is 0.127 e. The van der Waals surface area contributed by atoms with Gasteiger partial charge < -0.3 is 14.9 Å². The lowest BCUT2D eigenvalue weighted by Gasteiger charge is -2.12. The van der Waals surface area contributed by atoms with Crippen molar-refractivity contribution in [2.75, 3.05) is 0 Å². The predicted molar refractivity (Wildman–Crippen MR) is 150 cm³/mol. The highest BCUT2D eigenvalue weighted by Crippen LogP contribution is 2.30. The number of benzene rings is 2. The normalized spacial score (nSPS) is 12.8. The minimum Gasteiger partial charge on any atom is -0.512 e. The largest absolute Gasteiger partial charge is 0.512 e. The van der Waals surface area contributed by atoms with E-state index in [4.69, 9.17) is 4.74 Å². The predicted octanol–water partition coefficient (Wildman–Crippen LogP) is 10.8. The second-order valence-corrected chi connectivity index (χ2v) is 9.61. The Hall–Kier alpha value is -2.68. The molecule has 0 saturated heterocycles. The van der Waals surface area contributed by atoms with Gasteiger partial charge >= 0.3 is 0 Å². The first-order valence-corrected chi connectivity index (χ1v) is 13.6. The van der Waals surface area contributed by atoms with Gasteiger partial charge in [-0.1, -0.05) is 89.5 Å². The van der Waals surface area contributed by atoms with Crippen molar-refractivity contribution < 1.29 is 14.9 Å². The Morgan fingerprint density at radius 3 is 1.20 bits per heavy atom. The van der Waals surface area contributed by atoms with E-state index in [1.165, 1.54) is 51.4 Å². The second-order valence-electron chi connectivity index (χ2n) is 9.61. The van der Waals surface area contributed by atoms with Gasteiger partial charge in [0.05, 0.1) is 11.5 Å². The standard InChI is InChI=1S/C32H46O3/c1-5-7-9-11-13-15-31(25(3)33)27-17-21-29(22-18-27)35-30-23-19-28(20-24-30)32(26(4)34)16-14-12-10-8-6-2/h17-24,33-34H,5-16H2,1-4H3/b31-25-,32-26-. The third kappa shape index (κ3) is 10.2. The fourth-order valence-corrected chi connectivity index (χ4v) is 4.46. The molecule has 0 bridgehead atoms. The Balaban J connectivity index is 1.97. The van der Waals surface area contributed by atoms with Gasteiger partial charge in [-0.25, -0.2) is 0 Å². The van der Waals surface area contributed by atoms with Crippen LogP contribution in [0.5, 0.6) is 11.5 Å². The third-order valence-electron chi connectivity index (χ3n) is 6.58. The molecule has 0 radical (unpaired) electrons. The van der Waals surface area contributed by atoms with Gasteiger partial charge in [0.25, 0.3) is 0 Å². The van der Waals surface area contributed by atoms with Crippen molar-refractivity contribution in [2.45, 2.75) is 105 Å². The zero-order chi connectivity index (χ0) is 25.5. The highest BCUT2D eigenvalue weighted by atomic mass is 16.5. The molecule has 0 saturated carbocycles. The van der Waals surface area contributed by atoms with Gasteiger partial charge in [0, 0.05) is 0 Å². The van der Waals surface area contributed by atoms with Crippen LogP contribution >= 0.6 is 0 Å². The molecule has 192 valence electrons. The van der Waals surface area contributed by atoms with Gasteiger partial charge in [0.2, 0.25) is 0 Å². The van der Waals surface area contributed by atoms with Gasteiger partial charge in [0.15, 0.2) is 0 Å². The third-order valence-corrected chi connectivity index (χ3v) is 6.58. The number of aliphatic hydroxyl groups excluding tert-OH is 2. The molecule has 0 spiro atoms. The summed E-state index contributed by atoms with van der Waals surface area (Å²) >= 11 is 0. The number of allylic oxidation sites excluding steroid dienone is 4. The summed E-state index contributed by atoms with van der Waals surface area (Å²) < 4.78 is 6.06. The van der Waals surface area contributed by atoms with Crippen LogP contribution in [-0.2, 0) is 0 Å². The Morgan fingerprint density at radius 1 is 0.543 bits per heavy atom. The molecule has 35 heavy (non-hydrogen) atoms. The van der Waals surface area contributed by atoms with Crippen LogP contribution in [0, 0.1) is 0 Å². The van der Waals surface area contributed by atoms with E-state index in [0.29, 0.717) is 11.5 Å². The SMILES string of the molecule is CCCCCCC/C(=C(\C)O)c1ccc(Oc2ccc(/C(CCCCCCC)=C(/C)O)cc2)cc1. The molecular weight excluding hydrogens is 432 g/mol. The molecule has 0 aliphatic heterocycles. The molecule has 2 rings (SSSR count). The van der Waals surface area contributed by atoms with E-state index in [9.17, 15) is 10.2 Å². The minimum atomic E-state index is 0.401. The lowest BCUT2D eigenvalue weighted by Crippen LogP contribution is -1.93. The molecule has 3 heteroatoms. The first-order chi connectivity index (χ1) is 17.0. The number of rotatable bonds is 16. The molecule has 2 N–H and O–H groups in total. The van der Waals surface area contributed by atoms with Crippen LogP contribution in [0.1, 0.15) is 116 Å². The summed E-state index contributed by atoms with van der Waals surface area (Å²) in [6.07, 6.45) is 13.9. The minimum absolute atomic E-state index is 0.401. The number of hydrogen-bond acceptors (Lipinski definition) is 3. The van der Waals surface area contributed by atoms with Crippen molar-refractivity contribution >= 4 is 11.1 Å². The smallest absolute Gasteiger partial charge is 0.127 e. The van der Waals surface area contributed by atoms with Crippen LogP contribution in [0.15, 0.2) is 60.0 Å². The molecule has 0 heterocycles. The molecule has 0 unspecified atom stereocenters. The topological polar surface area (TPSA) is 49.7 Å². The number of ether oxygens (including phenoxy) is 1. The zero-order valence-corrected chi connectivity index (χ0v) is 22.4. The van der Waals surface area contributed by atoms with Gasteiger partial charge in [-0.2, -0.15) is 0 Å². The lowest BCUT2D eigenvalue weighted by atomic mass is 9.98. The van der Waals surface area contributed by atoms with Crippen LogP contribution < -0.4 is 4.74 Å². The summed E-state index contributed by atoms with van der Waals surface area (Å²) in [5.41, 5.74) is 4.14. The monoisotopic (exact) mass is 478 g/mol. The molecule has 0 aliphatic carbocycles. The lowest BCUT2D eigenvalue weighted by molar-refractivity contribution is 0.414. The fraction of sp³-hybridized carbons (Fsp3) is 0.500. The summed E-state index contributed by atoms with van der Waals surface area (Å²) in [5.74, 6) is 2.34. The molecule has 2 aromatic carbocycles. The fourth-order valence-electron chi connectivity index (χ4n) is 4.46. The molecule has 0 aromatic heterocycles. The summed E-state index contributed by atoms with van der Waals surface area (Å²) in [4.78, 5) is 0.